The molecule has 136 valence electrons. The molecule has 2 N–H and O–H groups in total. The minimum Gasteiger partial charge on any atom is -0.349 e. The fourth-order valence-corrected chi connectivity index (χ4v) is 3.49. The van der Waals surface area contributed by atoms with Gasteiger partial charge in [-0.25, -0.2) is 4.39 Å². The van der Waals surface area contributed by atoms with Crippen molar-refractivity contribution in [3.8, 4) is 6.07 Å². The Bertz CT molecular complexity index is 682. The van der Waals surface area contributed by atoms with E-state index >= 15 is 0 Å². The van der Waals surface area contributed by atoms with Crippen molar-refractivity contribution in [3.05, 3.63) is 21.9 Å². The van der Waals surface area contributed by atoms with Crippen LogP contribution in [-0.2, 0) is 4.79 Å². The van der Waals surface area contributed by atoms with E-state index in [1.54, 1.807) is 0 Å². The van der Waals surface area contributed by atoms with Crippen LogP contribution >= 0.6 is 11.3 Å². The SMILES string of the molecule is Cc1ccsc1C(=O)NCC(C)(C)NCC(=O)N1C[C@@H](F)C[C@H]1C#N. The topological polar surface area (TPSA) is 85.2 Å². The number of amides is 2. The number of nitrogens with one attached hydrogen (secondary N) is 2. The normalized spacial score (nSPS) is 20.4. The van der Waals surface area contributed by atoms with E-state index in [1.807, 2.05) is 38.3 Å². The molecule has 2 heterocycles. The summed E-state index contributed by atoms with van der Waals surface area (Å²) in [6.07, 6.45) is -1.07. The van der Waals surface area contributed by atoms with Gasteiger partial charge in [0.25, 0.3) is 5.91 Å². The van der Waals surface area contributed by atoms with Crippen LogP contribution in [0, 0.1) is 18.3 Å². The van der Waals surface area contributed by atoms with Crippen LogP contribution in [0.15, 0.2) is 11.4 Å². The Morgan fingerprint density at radius 2 is 2.24 bits per heavy atom. The lowest BCUT2D eigenvalue weighted by molar-refractivity contribution is -0.130. The summed E-state index contributed by atoms with van der Waals surface area (Å²) < 4.78 is 13.4. The molecule has 6 nitrogen and oxygen atoms in total. The number of nitrogens with zero attached hydrogens (tertiary/aromatic N) is 2. The maximum atomic E-state index is 13.4. The second-order valence-corrected chi connectivity index (χ2v) is 7.79. The number of alkyl halides is 1. The molecule has 1 saturated heterocycles. The highest BCUT2D eigenvalue weighted by Crippen LogP contribution is 2.20. The molecule has 2 rings (SSSR count). The summed E-state index contributed by atoms with van der Waals surface area (Å²) in [5.74, 6) is -0.446. The number of nitriles is 1. The predicted octanol–water partition coefficient (Wildman–Crippen LogP) is 1.62. The Hall–Kier alpha value is -1.98. The molecule has 0 spiro atoms. The maximum Gasteiger partial charge on any atom is 0.261 e. The van der Waals surface area contributed by atoms with Crippen molar-refractivity contribution in [1.29, 1.82) is 5.26 Å². The van der Waals surface area contributed by atoms with E-state index in [0.29, 0.717) is 11.4 Å². The molecule has 0 unspecified atom stereocenters. The molecule has 0 aliphatic carbocycles. The zero-order chi connectivity index (χ0) is 18.6. The average molecular weight is 366 g/mol. The standard InChI is InChI=1S/C17H23FN4O2S/c1-11-4-5-25-15(11)16(24)20-10-17(2,3)21-8-14(23)22-9-12(18)6-13(22)7-19/h4-5,12-13,21H,6,8-10H2,1-3H3,(H,20,24)/t12-,13-/m0/s1. The largest absolute Gasteiger partial charge is 0.349 e. The highest BCUT2D eigenvalue weighted by molar-refractivity contribution is 7.12. The number of hydrogen-bond acceptors (Lipinski definition) is 5. The Labute approximate surface area is 151 Å². The Morgan fingerprint density at radius 3 is 2.84 bits per heavy atom. The first-order chi connectivity index (χ1) is 11.7. The highest BCUT2D eigenvalue weighted by Gasteiger charge is 2.35. The van der Waals surface area contributed by atoms with Crippen molar-refractivity contribution in [1.82, 2.24) is 15.5 Å². The summed E-state index contributed by atoms with van der Waals surface area (Å²) in [5, 5.41) is 16.8. The van der Waals surface area contributed by atoms with Crippen LogP contribution < -0.4 is 10.6 Å². The molecule has 8 heteroatoms. The van der Waals surface area contributed by atoms with E-state index < -0.39 is 17.8 Å². The molecule has 1 aromatic heterocycles. The van der Waals surface area contributed by atoms with E-state index in [9.17, 15) is 14.0 Å². The monoisotopic (exact) mass is 366 g/mol. The summed E-state index contributed by atoms with van der Waals surface area (Å²) >= 11 is 1.39. The zero-order valence-corrected chi connectivity index (χ0v) is 15.5. The molecule has 1 aromatic rings. The van der Waals surface area contributed by atoms with Gasteiger partial charge in [0, 0.05) is 18.5 Å². The Balaban J connectivity index is 1.83. The van der Waals surface area contributed by atoms with Gasteiger partial charge in [-0.1, -0.05) is 0 Å². The van der Waals surface area contributed by atoms with Crippen molar-refractivity contribution in [2.24, 2.45) is 0 Å². The van der Waals surface area contributed by atoms with E-state index in [2.05, 4.69) is 10.6 Å². The van der Waals surface area contributed by atoms with E-state index in [-0.39, 0.29) is 31.3 Å². The van der Waals surface area contributed by atoms with Crippen LogP contribution in [0.3, 0.4) is 0 Å². The third kappa shape index (κ3) is 5.00. The predicted molar refractivity (Wildman–Crippen MR) is 94.1 cm³/mol. The number of rotatable bonds is 6. The lowest BCUT2D eigenvalue weighted by atomic mass is 10.1. The second kappa shape index (κ2) is 7.93. The van der Waals surface area contributed by atoms with Gasteiger partial charge < -0.3 is 15.5 Å². The second-order valence-electron chi connectivity index (χ2n) is 6.88. The quantitative estimate of drug-likeness (QED) is 0.801. The molecule has 0 bridgehead atoms. The molecule has 0 radical (unpaired) electrons. The molecule has 0 aromatic carbocycles. The number of hydrogen-bond donors (Lipinski definition) is 2. The molecule has 25 heavy (non-hydrogen) atoms. The highest BCUT2D eigenvalue weighted by atomic mass is 32.1. The summed E-state index contributed by atoms with van der Waals surface area (Å²) in [6, 6.07) is 3.16. The number of halogens is 1. The van der Waals surface area contributed by atoms with Crippen LogP contribution in [-0.4, -0.2) is 54.1 Å². The van der Waals surface area contributed by atoms with Gasteiger partial charge in [0.1, 0.15) is 12.2 Å². The number of likely N-dealkylation sites (tertiary alicyclic amines) is 1. The van der Waals surface area contributed by atoms with Gasteiger partial charge in [0.2, 0.25) is 5.91 Å². The van der Waals surface area contributed by atoms with Crippen LogP contribution in [0.25, 0.3) is 0 Å². The summed E-state index contributed by atoms with van der Waals surface area (Å²) in [5.41, 5.74) is 0.411. The van der Waals surface area contributed by atoms with Gasteiger partial charge in [-0.05, 0) is 37.8 Å². The molecule has 1 aliphatic heterocycles. The molecule has 0 saturated carbocycles. The van der Waals surface area contributed by atoms with E-state index in [4.69, 9.17) is 5.26 Å². The number of thiophene rings is 1. The summed E-state index contributed by atoms with van der Waals surface area (Å²) in [7, 11) is 0. The van der Waals surface area contributed by atoms with Crippen molar-refractivity contribution in [2.75, 3.05) is 19.6 Å². The van der Waals surface area contributed by atoms with Gasteiger partial charge in [0.15, 0.2) is 0 Å². The third-order valence-electron chi connectivity index (χ3n) is 4.20. The van der Waals surface area contributed by atoms with Gasteiger partial charge in [-0.3, -0.25) is 9.59 Å². The van der Waals surface area contributed by atoms with Crippen molar-refractivity contribution in [3.63, 3.8) is 0 Å². The summed E-state index contributed by atoms with van der Waals surface area (Å²) in [4.78, 5) is 26.3. The zero-order valence-electron chi connectivity index (χ0n) is 14.6. The third-order valence-corrected chi connectivity index (χ3v) is 5.21. The van der Waals surface area contributed by atoms with E-state index in [1.165, 1.54) is 16.2 Å². The van der Waals surface area contributed by atoms with Crippen molar-refractivity contribution >= 4 is 23.2 Å². The molecule has 2 amide bonds. The van der Waals surface area contributed by atoms with Crippen LogP contribution in [0.5, 0.6) is 0 Å². The molecule has 1 fully saturated rings. The number of aryl methyl sites for hydroxylation is 1. The van der Waals surface area contributed by atoms with Gasteiger partial charge in [-0.2, -0.15) is 5.26 Å². The van der Waals surface area contributed by atoms with Crippen LogP contribution in [0.4, 0.5) is 4.39 Å². The van der Waals surface area contributed by atoms with Crippen LogP contribution in [0.2, 0.25) is 0 Å². The first-order valence-corrected chi connectivity index (χ1v) is 9.02. The fraction of sp³-hybridized carbons (Fsp3) is 0.588. The maximum absolute atomic E-state index is 13.4. The minimum absolute atomic E-state index is 0.00813. The van der Waals surface area contributed by atoms with E-state index in [0.717, 1.165) is 5.56 Å². The molecule has 1 aliphatic rings. The lowest BCUT2D eigenvalue weighted by Gasteiger charge is -2.28. The first kappa shape index (κ1) is 19.3. The minimum atomic E-state index is -1.14. The van der Waals surface area contributed by atoms with Crippen molar-refractivity contribution < 1.29 is 14.0 Å². The van der Waals surface area contributed by atoms with Gasteiger partial charge >= 0.3 is 0 Å². The first-order valence-electron chi connectivity index (χ1n) is 8.14. The fourth-order valence-electron chi connectivity index (χ4n) is 2.65. The smallest absolute Gasteiger partial charge is 0.261 e. The Morgan fingerprint density at radius 1 is 1.52 bits per heavy atom. The molecule has 2 atom stereocenters. The average Bonchev–Trinajstić information content (AvgIpc) is 3.16. The number of carbonyl (C=O) groups excluding carboxylic acids is 2. The Kier molecular flexibility index (Phi) is 6.14. The van der Waals surface area contributed by atoms with Crippen molar-refractivity contribution in [2.45, 2.75) is 44.9 Å². The number of carbonyl (C=O) groups is 2. The summed E-state index contributed by atoms with van der Waals surface area (Å²) in [6.45, 7) is 5.91. The molecular formula is C17H23FN4O2S. The lowest BCUT2D eigenvalue weighted by Crippen LogP contribution is -2.52. The van der Waals surface area contributed by atoms with Gasteiger partial charge in [0.05, 0.1) is 24.0 Å². The van der Waals surface area contributed by atoms with Gasteiger partial charge in [-0.15, -0.1) is 11.3 Å². The molecular weight excluding hydrogens is 343 g/mol. The van der Waals surface area contributed by atoms with Crippen LogP contribution in [0.1, 0.15) is 35.5 Å².